The zero-order chi connectivity index (χ0) is 12.4. The van der Waals surface area contributed by atoms with Crippen molar-refractivity contribution < 1.29 is 4.52 Å². The van der Waals surface area contributed by atoms with Crippen molar-refractivity contribution in [1.29, 1.82) is 0 Å². The fourth-order valence-corrected chi connectivity index (χ4v) is 3.50. The number of rotatable bonds is 4. The van der Waals surface area contributed by atoms with Crippen molar-refractivity contribution in [2.45, 2.75) is 38.0 Å². The van der Waals surface area contributed by atoms with Gasteiger partial charge in [-0.3, -0.25) is 0 Å². The number of nitrogens with two attached hydrogens (primary N) is 1. The SMILES string of the molecule is NCCCc1noc(C2CCCc3sccc32)n1. The van der Waals surface area contributed by atoms with Crippen LogP contribution in [0.4, 0.5) is 0 Å². The molecule has 3 rings (SSSR count). The molecule has 0 amide bonds. The Hall–Kier alpha value is -1.20. The van der Waals surface area contributed by atoms with Crippen molar-refractivity contribution in [1.82, 2.24) is 10.1 Å². The maximum atomic E-state index is 5.49. The van der Waals surface area contributed by atoms with Crippen LogP contribution < -0.4 is 5.73 Å². The molecular formula is C13H17N3OS. The third-order valence-corrected chi connectivity index (χ3v) is 4.43. The molecule has 2 aromatic rings. The first kappa shape index (κ1) is 11.9. The van der Waals surface area contributed by atoms with Crippen LogP contribution in [-0.2, 0) is 12.8 Å². The van der Waals surface area contributed by atoms with Crippen molar-refractivity contribution in [2.75, 3.05) is 6.54 Å². The Morgan fingerprint density at radius 3 is 3.33 bits per heavy atom. The summed E-state index contributed by atoms with van der Waals surface area (Å²) in [5, 5.41) is 6.21. The summed E-state index contributed by atoms with van der Waals surface area (Å²) >= 11 is 1.84. The molecule has 0 fully saturated rings. The van der Waals surface area contributed by atoms with Crippen molar-refractivity contribution in [3.05, 3.63) is 33.6 Å². The predicted octanol–water partition coefficient (Wildman–Crippen LogP) is 2.49. The molecule has 0 saturated heterocycles. The van der Waals surface area contributed by atoms with Gasteiger partial charge in [-0.1, -0.05) is 5.16 Å². The number of hydrogen-bond acceptors (Lipinski definition) is 5. The molecule has 2 aromatic heterocycles. The lowest BCUT2D eigenvalue weighted by atomic mass is 9.88. The standard InChI is InChI=1S/C13H17N3OS/c14-7-2-5-12-15-13(17-16-12)10-3-1-4-11-9(10)6-8-18-11/h6,8,10H,1-5,7,14H2. The molecule has 18 heavy (non-hydrogen) atoms. The summed E-state index contributed by atoms with van der Waals surface area (Å²) in [5.41, 5.74) is 6.88. The van der Waals surface area contributed by atoms with E-state index in [2.05, 4.69) is 21.6 Å². The molecule has 0 radical (unpaired) electrons. The number of nitrogens with zero attached hydrogens (tertiary/aromatic N) is 2. The van der Waals surface area contributed by atoms with Crippen molar-refractivity contribution in [2.24, 2.45) is 5.73 Å². The number of thiophene rings is 1. The topological polar surface area (TPSA) is 64.9 Å². The molecule has 0 spiro atoms. The third kappa shape index (κ3) is 2.20. The van der Waals surface area contributed by atoms with E-state index in [0.717, 1.165) is 31.0 Å². The number of aromatic nitrogens is 2. The van der Waals surface area contributed by atoms with Crippen LogP contribution in [0.2, 0.25) is 0 Å². The zero-order valence-electron chi connectivity index (χ0n) is 10.3. The van der Waals surface area contributed by atoms with Gasteiger partial charge in [-0.15, -0.1) is 11.3 Å². The van der Waals surface area contributed by atoms with Crippen molar-refractivity contribution in [3.63, 3.8) is 0 Å². The molecule has 2 N–H and O–H groups in total. The Morgan fingerprint density at radius 1 is 1.50 bits per heavy atom. The summed E-state index contributed by atoms with van der Waals surface area (Å²) in [7, 11) is 0. The van der Waals surface area contributed by atoms with E-state index in [4.69, 9.17) is 10.3 Å². The molecule has 5 heteroatoms. The number of fused-ring (bicyclic) bond motifs is 1. The summed E-state index contributed by atoms with van der Waals surface area (Å²) < 4.78 is 5.43. The summed E-state index contributed by atoms with van der Waals surface area (Å²) in [6, 6.07) is 2.20. The highest BCUT2D eigenvalue weighted by atomic mass is 32.1. The maximum absolute atomic E-state index is 5.49. The van der Waals surface area contributed by atoms with Gasteiger partial charge in [0.25, 0.3) is 0 Å². The average molecular weight is 263 g/mol. The molecule has 4 nitrogen and oxygen atoms in total. The van der Waals surface area contributed by atoms with Crippen LogP contribution in [0.1, 0.15) is 47.3 Å². The van der Waals surface area contributed by atoms with E-state index in [1.54, 1.807) is 0 Å². The Kier molecular flexibility index (Phi) is 3.43. The van der Waals surface area contributed by atoms with Gasteiger partial charge in [-0.2, -0.15) is 4.98 Å². The molecule has 0 aromatic carbocycles. The molecule has 1 atom stereocenters. The van der Waals surface area contributed by atoms with Crippen LogP contribution in [0.3, 0.4) is 0 Å². The monoisotopic (exact) mass is 263 g/mol. The largest absolute Gasteiger partial charge is 0.339 e. The molecule has 1 aliphatic carbocycles. The van der Waals surface area contributed by atoms with Crippen molar-refractivity contribution in [3.8, 4) is 0 Å². The molecule has 2 heterocycles. The van der Waals surface area contributed by atoms with E-state index in [1.807, 2.05) is 11.3 Å². The first-order valence-corrected chi connectivity index (χ1v) is 7.35. The lowest BCUT2D eigenvalue weighted by Crippen LogP contribution is -2.09. The summed E-state index contributed by atoms with van der Waals surface area (Å²) in [6.07, 6.45) is 5.23. The van der Waals surface area contributed by atoms with E-state index < -0.39 is 0 Å². The van der Waals surface area contributed by atoms with Crippen LogP contribution in [0.15, 0.2) is 16.0 Å². The van der Waals surface area contributed by atoms with Gasteiger partial charge in [0.1, 0.15) is 0 Å². The maximum Gasteiger partial charge on any atom is 0.234 e. The first-order valence-electron chi connectivity index (χ1n) is 6.47. The molecule has 0 aliphatic heterocycles. The lowest BCUT2D eigenvalue weighted by Gasteiger charge is -2.18. The van der Waals surface area contributed by atoms with Gasteiger partial charge in [-0.05, 0) is 49.2 Å². The van der Waals surface area contributed by atoms with Gasteiger partial charge in [0.15, 0.2) is 5.82 Å². The zero-order valence-corrected chi connectivity index (χ0v) is 11.1. The quantitative estimate of drug-likeness (QED) is 0.920. The highest BCUT2D eigenvalue weighted by Crippen LogP contribution is 2.38. The molecule has 96 valence electrons. The van der Waals surface area contributed by atoms with E-state index in [9.17, 15) is 0 Å². The molecule has 0 bridgehead atoms. The lowest BCUT2D eigenvalue weighted by molar-refractivity contribution is 0.351. The van der Waals surface area contributed by atoms with Gasteiger partial charge in [0, 0.05) is 11.3 Å². The van der Waals surface area contributed by atoms with Gasteiger partial charge in [0.05, 0.1) is 5.92 Å². The Labute approximate surface area is 110 Å². The molecule has 1 aliphatic rings. The van der Waals surface area contributed by atoms with Crippen LogP contribution in [-0.4, -0.2) is 16.7 Å². The van der Waals surface area contributed by atoms with Crippen LogP contribution in [0, 0.1) is 0 Å². The Bertz CT molecular complexity index is 520. The highest BCUT2D eigenvalue weighted by molar-refractivity contribution is 7.10. The summed E-state index contributed by atoms with van der Waals surface area (Å²) in [6.45, 7) is 0.669. The van der Waals surface area contributed by atoms with E-state index in [0.29, 0.717) is 12.5 Å². The average Bonchev–Trinajstić information content (AvgIpc) is 3.04. The van der Waals surface area contributed by atoms with Crippen LogP contribution >= 0.6 is 11.3 Å². The van der Waals surface area contributed by atoms with E-state index >= 15 is 0 Å². The van der Waals surface area contributed by atoms with Gasteiger partial charge >= 0.3 is 0 Å². The Morgan fingerprint density at radius 2 is 2.44 bits per heavy atom. The summed E-state index contributed by atoms with van der Waals surface area (Å²) in [4.78, 5) is 6.00. The minimum atomic E-state index is 0.305. The predicted molar refractivity (Wildman–Crippen MR) is 70.8 cm³/mol. The second-order valence-corrected chi connectivity index (χ2v) is 5.69. The second kappa shape index (κ2) is 5.20. The van der Waals surface area contributed by atoms with Crippen LogP contribution in [0.25, 0.3) is 0 Å². The Balaban J connectivity index is 1.82. The highest BCUT2D eigenvalue weighted by Gasteiger charge is 2.27. The van der Waals surface area contributed by atoms with E-state index in [1.165, 1.54) is 23.3 Å². The fraction of sp³-hybridized carbons (Fsp3) is 0.538. The smallest absolute Gasteiger partial charge is 0.234 e. The minimum absolute atomic E-state index is 0.305. The van der Waals surface area contributed by atoms with E-state index in [-0.39, 0.29) is 0 Å². The van der Waals surface area contributed by atoms with Gasteiger partial charge in [-0.25, -0.2) is 0 Å². The van der Waals surface area contributed by atoms with Crippen molar-refractivity contribution >= 4 is 11.3 Å². The third-order valence-electron chi connectivity index (χ3n) is 3.44. The molecular weight excluding hydrogens is 246 g/mol. The first-order chi connectivity index (χ1) is 8.88. The van der Waals surface area contributed by atoms with Gasteiger partial charge < -0.3 is 10.3 Å². The fourth-order valence-electron chi connectivity index (χ4n) is 2.51. The second-order valence-electron chi connectivity index (χ2n) is 4.69. The molecule has 0 saturated carbocycles. The molecule has 1 unspecified atom stereocenters. The summed E-state index contributed by atoms with van der Waals surface area (Å²) in [5.74, 6) is 1.87. The van der Waals surface area contributed by atoms with Gasteiger partial charge in [0.2, 0.25) is 5.89 Å². The minimum Gasteiger partial charge on any atom is -0.339 e. The van der Waals surface area contributed by atoms with Crippen LogP contribution in [0.5, 0.6) is 0 Å². The normalized spacial score (nSPS) is 18.8. The number of hydrogen-bond donors (Lipinski definition) is 1. The number of aryl methyl sites for hydroxylation is 2.